The van der Waals surface area contributed by atoms with Gasteiger partial charge in [-0.05, 0) is 35.1 Å². The normalized spacial score (nSPS) is 23.8. The molecule has 3 atom stereocenters. The Bertz CT molecular complexity index is 1060. The van der Waals surface area contributed by atoms with Crippen molar-refractivity contribution in [1.82, 2.24) is 10.2 Å². The quantitative estimate of drug-likeness (QED) is 0.705. The zero-order valence-corrected chi connectivity index (χ0v) is 18.8. The minimum absolute atomic E-state index is 0.0274. The molecule has 2 amide bonds. The molecule has 34 heavy (non-hydrogen) atoms. The van der Waals surface area contributed by atoms with E-state index in [1.807, 2.05) is 24.3 Å². The summed E-state index contributed by atoms with van der Waals surface area (Å²) in [6.45, 7) is 0.800. The lowest BCUT2D eigenvalue weighted by Gasteiger charge is -2.34. The van der Waals surface area contributed by atoms with Gasteiger partial charge in [0.15, 0.2) is 6.10 Å². The molecule has 1 saturated carbocycles. The van der Waals surface area contributed by atoms with E-state index in [1.54, 1.807) is 4.90 Å². The zero-order chi connectivity index (χ0) is 23.7. The molecule has 0 radical (unpaired) electrons. The molecule has 2 aliphatic carbocycles. The second kappa shape index (κ2) is 9.46. The second-order valence-electron chi connectivity index (χ2n) is 9.10. The summed E-state index contributed by atoms with van der Waals surface area (Å²) in [5.41, 5.74) is 4.62. The lowest BCUT2D eigenvalue weighted by atomic mass is 9.98. The maximum absolute atomic E-state index is 13.1. The minimum atomic E-state index is -1.07. The van der Waals surface area contributed by atoms with Crippen LogP contribution in [0.3, 0.4) is 0 Å². The van der Waals surface area contributed by atoms with Gasteiger partial charge in [0.2, 0.25) is 5.91 Å². The highest BCUT2D eigenvalue weighted by molar-refractivity contribution is 5.82. The van der Waals surface area contributed by atoms with Gasteiger partial charge in [-0.2, -0.15) is 0 Å². The van der Waals surface area contributed by atoms with E-state index in [2.05, 4.69) is 29.6 Å². The molecule has 2 fully saturated rings. The summed E-state index contributed by atoms with van der Waals surface area (Å²) in [4.78, 5) is 38.6. The number of benzene rings is 2. The van der Waals surface area contributed by atoms with Crippen molar-refractivity contribution >= 4 is 18.0 Å². The van der Waals surface area contributed by atoms with Crippen LogP contribution in [-0.2, 0) is 19.1 Å². The van der Waals surface area contributed by atoms with Gasteiger partial charge in [-0.3, -0.25) is 4.79 Å². The number of fused-ring (bicyclic) bond motifs is 3. The highest BCUT2D eigenvalue weighted by atomic mass is 16.5. The summed E-state index contributed by atoms with van der Waals surface area (Å²) in [5, 5.41) is 12.1. The van der Waals surface area contributed by atoms with Gasteiger partial charge >= 0.3 is 12.1 Å². The first-order valence-electron chi connectivity index (χ1n) is 11.8. The average Bonchev–Trinajstić information content (AvgIpc) is 3.44. The van der Waals surface area contributed by atoms with Crippen LogP contribution in [0.15, 0.2) is 48.5 Å². The second-order valence-corrected chi connectivity index (χ2v) is 9.10. The van der Waals surface area contributed by atoms with Crippen LogP contribution in [-0.4, -0.2) is 66.4 Å². The predicted octanol–water partition coefficient (Wildman–Crippen LogP) is 3.01. The number of hydrogen-bond acceptors (Lipinski definition) is 5. The molecule has 2 aromatic rings. The molecule has 178 valence electrons. The van der Waals surface area contributed by atoms with Gasteiger partial charge in [0.05, 0.1) is 19.1 Å². The number of hydrogen-bond donors (Lipinski definition) is 2. The van der Waals surface area contributed by atoms with Gasteiger partial charge in [0, 0.05) is 18.5 Å². The monoisotopic (exact) mass is 464 g/mol. The van der Waals surface area contributed by atoms with Crippen LogP contribution in [0.2, 0.25) is 0 Å². The van der Waals surface area contributed by atoms with Crippen LogP contribution >= 0.6 is 0 Å². The smallest absolute Gasteiger partial charge is 0.407 e. The summed E-state index contributed by atoms with van der Waals surface area (Å²) >= 11 is 0. The Labute approximate surface area is 197 Å². The van der Waals surface area contributed by atoms with Gasteiger partial charge in [-0.15, -0.1) is 0 Å². The van der Waals surface area contributed by atoms with Crippen LogP contribution < -0.4 is 5.32 Å². The Balaban J connectivity index is 1.20. The molecular formula is C26H28N2O6. The van der Waals surface area contributed by atoms with Crippen molar-refractivity contribution in [1.29, 1.82) is 0 Å². The SMILES string of the molecule is O=C(NC1CCCC1C(=O)N1CCOC(C(=O)O)C1)OCC1c2ccccc2-c2ccccc21. The van der Waals surface area contributed by atoms with Crippen molar-refractivity contribution in [3.8, 4) is 11.1 Å². The third kappa shape index (κ3) is 4.25. The highest BCUT2D eigenvalue weighted by Gasteiger charge is 2.39. The summed E-state index contributed by atoms with van der Waals surface area (Å²) in [6, 6.07) is 16.0. The third-order valence-electron chi connectivity index (χ3n) is 7.13. The van der Waals surface area contributed by atoms with E-state index in [0.717, 1.165) is 17.5 Å². The fourth-order valence-electron chi connectivity index (χ4n) is 5.45. The maximum atomic E-state index is 13.1. The first-order chi connectivity index (χ1) is 16.5. The highest BCUT2D eigenvalue weighted by Crippen LogP contribution is 2.44. The van der Waals surface area contributed by atoms with Crippen LogP contribution in [0.1, 0.15) is 36.3 Å². The van der Waals surface area contributed by atoms with Gasteiger partial charge in [0.1, 0.15) is 6.61 Å². The zero-order valence-electron chi connectivity index (χ0n) is 18.8. The number of carboxylic acid groups (broad SMARTS) is 1. The first kappa shape index (κ1) is 22.4. The largest absolute Gasteiger partial charge is 0.479 e. The predicted molar refractivity (Wildman–Crippen MR) is 123 cm³/mol. The van der Waals surface area contributed by atoms with Crippen LogP contribution in [0.5, 0.6) is 0 Å². The molecule has 5 rings (SSSR count). The fraction of sp³-hybridized carbons (Fsp3) is 0.423. The lowest BCUT2D eigenvalue weighted by molar-refractivity contribution is -0.160. The molecule has 8 nitrogen and oxygen atoms in total. The van der Waals surface area contributed by atoms with Crippen molar-refractivity contribution in [2.24, 2.45) is 5.92 Å². The molecule has 0 aromatic heterocycles. The number of morpholine rings is 1. The van der Waals surface area contributed by atoms with Crippen molar-refractivity contribution in [2.75, 3.05) is 26.3 Å². The first-order valence-corrected chi connectivity index (χ1v) is 11.8. The molecule has 1 saturated heterocycles. The van der Waals surface area contributed by atoms with Crippen molar-refractivity contribution < 1.29 is 29.0 Å². The molecule has 1 aliphatic heterocycles. The number of alkyl carbamates (subject to hydrolysis) is 1. The van der Waals surface area contributed by atoms with Gasteiger partial charge in [-0.25, -0.2) is 9.59 Å². The standard InChI is InChI=1S/C26H28N2O6/c29-24(28-12-13-33-23(14-28)25(30)31)20-10-5-11-22(20)27-26(32)34-15-21-18-8-3-1-6-16(18)17-7-2-4-9-19(17)21/h1-4,6-9,20-23H,5,10-15H2,(H,27,32)(H,30,31). The number of carbonyl (C=O) groups excluding carboxylic acids is 2. The van der Waals surface area contributed by atoms with Gasteiger partial charge in [0.25, 0.3) is 0 Å². The number of amides is 2. The Morgan fingerprint density at radius 3 is 2.38 bits per heavy atom. The number of aliphatic carboxylic acids is 1. The average molecular weight is 465 g/mol. The topological polar surface area (TPSA) is 105 Å². The summed E-state index contributed by atoms with van der Waals surface area (Å²) in [6.07, 6.45) is 0.622. The molecule has 3 unspecified atom stereocenters. The van der Waals surface area contributed by atoms with Crippen LogP contribution in [0.4, 0.5) is 4.79 Å². The molecule has 0 bridgehead atoms. The Kier molecular flexibility index (Phi) is 6.24. The molecular weight excluding hydrogens is 436 g/mol. The molecule has 2 N–H and O–H groups in total. The minimum Gasteiger partial charge on any atom is -0.479 e. The van der Waals surface area contributed by atoms with Crippen molar-refractivity contribution in [3.05, 3.63) is 59.7 Å². The number of nitrogens with zero attached hydrogens (tertiary/aromatic N) is 1. The molecule has 8 heteroatoms. The Morgan fingerprint density at radius 1 is 1.03 bits per heavy atom. The summed E-state index contributed by atoms with van der Waals surface area (Å²) < 4.78 is 10.9. The van der Waals surface area contributed by atoms with Crippen molar-refractivity contribution in [2.45, 2.75) is 37.3 Å². The molecule has 3 aliphatic rings. The van der Waals surface area contributed by atoms with E-state index in [9.17, 15) is 19.5 Å². The van der Waals surface area contributed by atoms with Crippen LogP contribution in [0.25, 0.3) is 11.1 Å². The Hall–Kier alpha value is -3.39. The number of carbonyl (C=O) groups is 3. The van der Waals surface area contributed by atoms with E-state index in [-0.39, 0.29) is 43.5 Å². The van der Waals surface area contributed by atoms with Gasteiger partial charge in [-0.1, -0.05) is 55.0 Å². The summed E-state index contributed by atoms with van der Waals surface area (Å²) in [7, 11) is 0. The third-order valence-corrected chi connectivity index (χ3v) is 7.13. The van der Waals surface area contributed by atoms with Crippen LogP contribution in [0, 0.1) is 5.92 Å². The number of ether oxygens (including phenoxy) is 2. The number of carboxylic acids is 1. The van der Waals surface area contributed by atoms with Gasteiger partial charge < -0.3 is 24.8 Å². The molecule has 2 aromatic carbocycles. The maximum Gasteiger partial charge on any atom is 0.407 e. The van der Waals surface area contributed by atoms with E-state index >= 15 is 0 Å². The molecule has 0 spiro atoms. The number of rotatable bonds is 5. The van der Waals surface area contributed by atoms with E-state index in [1.165, 1.54) is 11.1 Å². The molecule has 1 heterocycles. The summed E-state index contributed by atoms with van der Waals surface area (Å²) in [5.74, 6) is -1.61. The Morgan fingerprint density at radius 2 is 1.71 bits per heavy atom. The van der Waals surface area contributed by atoms with Crippen molar-refractivity contribution in [3.63, 3.8) is 0 Å². The van der Waals surface area contributed by atoms with E-state index in [4.69, 9.17) is 9.47 Å². The number of nitrogens with one attached hydrogen (secondary N) is 1. The fourth-order valence-corrected chi connectivity index (χ4v) is 5.45. The lowest BCUT2D eigenvalue weighted by Crippen LogP contribution is -2.52. The van der Waals surface area contributed by atoms with E-state index in [0.29, 0.717) is 19.4 Å². The van der Waals surface area contributed by atoms with E-state index < -0.39 is 18.2 Å².